The number of hydrogen-bond donors (Lipinski definition) is 5. The van der Waals surface area contributed by atoms with Crippen molar-refractivity contribution < 1.29 is 63.3 Å². The van der Waals surface area contributed by atoms with E-state index >= 15 is 0 Å². The molecule has 5 N–H and O–H groups in total. The number of unbranched alkanes of at least 4 members (excludes halogenated alkanes) is 1. The molecule has 5 bridgehead atoms. The zero-order chi connectivity index (χ0) is 45.7. The summed E-state index contributed by atoms with van der Waals surface area (Å²) in [5.41, 5.74) is -0.0304. The topological polar surface area (TPSA) is 214 Å². The van der Waals surface area contributed by atoms with Crippen molar-refractivity contribution in [2.75, 3.05) is 39.7 Å². The third-order valence-corrected chi connectivity index (χ3v) is 11.7. The van der Waals surface area contributed by atoms with Crippen LogP contribution in [0.15, 0.2) is 42.2 Å². The highest BCUT2D eigenvalue weighted by molar-refractivity contribution is 6.21. The number of aliphatic hydroxyl groups is 2. The molecule has 0 radical (unpaired) electrons. The molecule has 5 rings (SSSR count). The van der Waals surface area contributed by atoms with E-state index in [0.717, 1.165) is 12.8 Å². The van der Waals surface area contributed by atoms with Crippen LogP contribution in [0.4, 0.5) is 5.69 Å². The van der Waals surface area contributed by atoms with Gasteiger partial charge in [0.1, 0.15) is 23.4 Å². The van der Waals surface area contributed by atoms with E-state index in [4.69, 9.17) is 23.7 Å². The van der Waals surface area contributed by atoms with E-state index in [1.54, 1.807) is 59.0 Å². The number of hydrazine groups is 1. The Morgan fingerprint density at radius 2 is 1.64 bits per heavy atom. The minimum atomic E-state index is -2.03. The van der Waals surface area contributed by atoms with Gasteiger partial charge in [0.2, 0.25) is 0 Å². The van der Waals surface area contributed by atoms with Crippen LogP contribution in [0.3, 0.4) is 0 Å². The van der Waals surface area contributed by atoms with Gasteiger partial charge in [-0.25, -0.2) is 5.01 Å². The Balaban J connectivity index is 1.94. The number of Topliss-reactive ketones (excluding diaryl/α,β-unsaturated/α-hetero) is 1. The normalized spacial score (nSPS) is 29.3. The van der Waals surface area contributed by atoms with E-state index in [1.165, 1.54) is 64.3 Å². The van der Waals surface area contributed by atoms with Gasteiger partial charge in [-0.3, -0.25) is 24.2 Å². The molecule has 2 aromatic rings. The summed E-state index contributed by atoms with van der Waals surface area (Å²) in [5.74, 6) is -8.13. The number of nitrogens with one attached hydrogen (secondary N) is 1. The second kappa shape index (κ2) is 20.1. The summed E-state index contributed by atoms with van der Waals surface area (Å²) in [7, 11) is 4.88. The van der Waals surface area contributed by atoms with Crippen molar-refractivity contribution in [1.29, 1.82) is 0 Å². The third kappa shape index (κ3) is 10.3. The van der Waals surface area contributed by atoms with Crippen LogP contribution in [-0.2, 0) is 28.6 Å². The van der Waals surface area contributed by atoms with Crippen LogP contribution < -0.4 is 14.8 Å². The molecule has 9 atom stereocenters. The summed E-state index contributed by atoms with van der Waals surface area (Å²) in [5, 5.41) is 51.7. The second-order valence-corrected chi connectivity index (χ2v) is 16.4. The van der Waals surface area contributed by atoms with Gasteiger partial charge in [0.05, 0.1) is 41.2 Å². The molecule has 16 heteroatoms. The van der Waals surface area contributed by atoms with Crippen molar-refractivity contribution in [3.63, 3.8) is 0 Å². The number of amides is 2. The van der Waals surface area contributed by atoms with Gasteiger partial charge in [0.25, 0.3) is 17.6 Å². The largest absolute Gasteiger partial charge is 0.507 e. The number of carbonyl (C=O) groups is 4. The summed E-state index contributed by atoms with van der Waals surface area (Å²) in [4.78, 5) is 54.1. The van der Waals surface area contributed by atoms with E-state index in [1.807, 2.05) is 6.92 Å². The number of hydrogen-bond acceptors (Lipinski definition) is 14. The Labute approximate surface area is 357 Å². The minimum absolute atomic E-state index is 0.0628. The molecule has 336 valence electrons. The number of ketones is 1. The van der Waals surface area contributed by atoms with E-state index in [9.17, 15) is 39.6 Å². The molecule has 2 amide bonds. The van der Waals surface area contributed by atoms with Gasteiger partial charge < -0.3 is 49.4 Å². The predicted molar refractivity (Wildman–Crippen MR) is 228 cm³/mol. The predicted octanol–water partition coefficient (Wildman–Crippen LogP) is 5.53. The summed E-state index contributed by atoms with van der Waals surface area (Å²) in [6.45, 7) is 14.5. The number of rotatable bonds is 9. The molecule has 16 nitrogen and oxygen atoms in total. The zero-order valence-corrected chi connectivity index (χ0v) is 37.3. The van der Waals surface area contributed by atoms with Crippen molar-refractivity contribution in [3.8, 4) is 23.0 Å². The van der Waals surface area contributed by atoms with Crippen LogP contribution in [-0.4, -0.2) is 119 Å². The summed E-state index contributed by atoms with van der Waals surface area (Å²) >= 11 is 0. The van der Waals surface area contributed by atoms with Crippen LogP contribution >= 0.6 is 0 Å². The highest BCUT2D eigenvalue weighted by Gasteiger charge is 2.50. The fraction of sp³-hybridized carbons (Fsp3) is 0.556. The molecule has 0 unspecified atom stereocenters. The fourth-order valence-corrected chi connectivity index (χ4v) is 7.82. The summed E-state index contributed by atoms with van der Waals surface area (Å²) < 4.78 is 29.9. The van der Waals surface area contributed by atoms with Crippen molar-refractivity contribution in [1.82, 2.24) is 10.0 Å². The number of methoxy groups -OCH3 is 1. The molecule has 0 saturated heterocycles. The lowest BCUT2D eigenvalue weighted by Crippen LogP contribution is -2.46. The lowest BCUT2D eigenvalue weighted by molar-refractivity contribution is -0.160. The molecule has 3 aliphatic heterocycles. The van der Waals surface area contributed by atoms with Crippen molar-refractivity contribution in [2.24, 2.45) is 23.7 Å². The maximum absolute atomic E-state index is 14.6. The van der Waals surface area contributed by atoms with E-state index in [0.29, 0.717) is 6.54 Å². The summed E-state index contributed by atoms with van der Waals surface area (Å²) in [6, 6.07) is 1.27. The Morgan fingerprint density at radius 3 is 2.25 bits per heavy atom. The van der Waals surface area contributed by atoms with E-state index in [2.05, 4.69) is 5.32 Å². The standard InChI is InChI=1S/C45H63N3O13/c1-13-14-19-48(47(10)11)33(50)22-58-32-21-30-40(54)35-34(32)36-42(28(7)39(35)53)61-45(9,43(36)55)59-20-18-31(57-12)25(4)41(60-29(8)49)27(6)38(52)26(5)37(51)23(2)16-15-17-24(3)44(56)46-30/h15-18,20-21,23,25-27,31,37-38,41,51-54H,13-14,19,22H2,1-12H3,(H,46,56)/b16-15+,20-18+,24-17-/t23-,25-,26-,27-,31+,37-,38+,41-,45+/m1/s1. The van der Waals surface area contributed by atoms with Crippen LogP contribution in [0.5, 0.6) is 23.0 Å². The Kier molecular flexibility index (Phi) is 16.0. The van der Waals surface area contributed by atoms with Gasteiger partial charge in [0.15, 0.2) is 12.4 Å². The number of aromatic hydroxyl groups is 2. The molecule has 0 spiro atoms. The van der Waals surface area contributed by atoms with E-state index < -0.39 is 95.5 Å². The van der Waals surface area contributed by atoms with Crippen LogP contribution in [0.1, 0.15) is 84.2 Å². The van der Waals surface area contributed by atoms with Gasteiger partial charge >= 0.3 is 11.8 Å². The number of ether oxygens (including phenoxy) is 5. The van der Waals surface area contributed by atoms with Crippen LogP contribution in [0, 0.1) is 30.6 Å². The number of carbonyl (C=O) groups excluding carboxylic acids is 4. The highest BCUT2D eigenvalue weighted by atomic mass is 16.7. The number of anilines is 1. The smallest absolute Gasteiger partial charge is 0.312 e. The Morgan fingerprint density at radius 1 is 0.967 bits per heavy atom. The number of benzene rings is 2. The molecule has 2 aromatic carbocycles. The lowest BCUT2D eigenvalue weighted by atomic mass is 9.78. The van der Waals surface area contributed by atoms with Gasteiger partial charge in [-0.2, -0.15) is 0 Å². The Bertz CT molecular complexity index is 2060. The third-order valence-electron chi connectivity index (χ3n) is 11.7. The van der Waals surface area contributed by atoms with E-state index in [-0.39, 0.29) is 44.7 Å². The van der Waals surface area contributed by atoms with Gasteiger partial charge in [-0.05, 0) is 26.3 Å². The van der Waals surface area contributed by atoms with Crippen LogP contribution in [0.2, 0.25) is 0 Å². The Hall–Kier alpha value is -5.16. The quantitative estimate of drug-likeness (QED) is 0.119. The summed E-state index contributed by atoms with van der Waals surface area (Å²) in [6.07, 6.45) is 5.14. The van der Waals surface area contributed by atoms with Crippen LogP contribution in [0.25, 0.3) is 10.8 Å². The number of esters is 1. The second-order valence-electron chi connectivity index (χ2n) is 16.4. The van der Waals surface area contributed by atoms with Gasteiger partial charge in [-0.15, -0.1) is 0 Å². The number of allylic oxidation sites excluding steroid dienone is 2. The monoisotopic (exact) mass is 853 g/mol. The molecule has 0 fully saturated rings. The van der Waals surface area contributed by atoms with Crippen molar-refractivity contribution >= 4 is 40.0 Å². The molecular weight excluding hydrogens is 791 g/mol. The number of aliphatic hydroxyl groups excluding tert-OH is 2. The minimum Gasteiger partial charge on any atom is -0.507 e. The van der Waals surface area contributed by atoms with Crippen molar-refractivity contribution in [3.05, 3.63) is 53.3 Å². The fourth-order valence-electron chi connectivity index (χ4n) is 7.82. The molecule has 0 saturated carbocycles. The molecule has 3 aliphatic rings. The number of nitrogens with zero attached hydrogens (tertiary/aromatic N) is 2. The molecule has 61 heavy (non-hydrogen) atoms. The first kappa shape index (κ1) is 48.5. The molecule has 0 aromatic heterocycles. The van der Waals surface area contributed by atoms with Gasteiger partial charge in [0, 0.05) is 87.9 Å². The highest BCUT2D eigenvalue weighted by Crippen LogP contribution is 2.54. The van der Waals surface area contributed by atoms with Gasteiger partial charge in [-0.1, -0.05) is 59.3 Å². The van der Waals surface area contributed by atoms with Crippen molar-refractivity contribution in [2.45, 2.75) is 105 Å². The molecule has 0 aliphatic carbocycles. The number of phenols is 2. The average molecular weight is 854 g/mol. The molecule has 3 heterocycles. The first-order valence-electron chi connectivity index (χ1n) is 20.6. The average Bonchev–Trinajstić information content (AvgIpc) is 3.47. The first-order chi connectivity index (χ1) is 28.6. The lowest BCUT2D eigenvalue weighted by Gasteiger charge is -2.38. The SMILES string of the molecule is CCCCN(C(=O)COc1cc2c(O)c3c(O)c(C)c4c(c13)C(=O)[C@@](C)(O/C=C/[C@H](OC)[C@@H](C)[C@@H](OC(C)=O)[C@H](C)[C@@H](O)[C@H](C)[C@H](O)[C@H](C)/C=C/C=C(/C)C(=O)N2)O4)N(C)C. The number of phenolic OH excluding ortho intramolecular Hbond substituents is 2. The number of fused-ring (bicyclic) bond motifs is 14. The zero-order valence-electron chi connectivity index (χ0n) is 37.3. The molecular formula is C45H63N3O13. The maximum Gasteiger partial charge on any atom is 0.312 e. The maximum atomic E-state index is 14.6. The first-order valence-corrected chi connectivity index (χ1v) is 20.6.